The van der Waals surface area contributed by atoms with Crippen LogP contribution in [0.2, 0.25) is 0 Å². The summed E-state index contributed by atoms with van der Waals surface area (Å²) in [6.45, 7) is 11.2. The molecule has 17 heavy (non-hydrogen) atoms. The number of hydrogen-bond donors (Lipinski definition) is 1. The molecule has 2 rings (SSSR count). The van der Waals surface area contributed by atoms with Crippen LogP contribution in [0.15, 0.2) is 18.5 Å². The highest BCUT2D eigenvalue weighted by Crippen LogP contribution is 2.21. The molecule has 1 aliphatic rings. The maximum atomic E-state index is 4.27. The fourth-order valence-electron chi connectivity index (χ4n) is 2.52. The smallest absolute Gasteiger partial charge is 0.0582 e. The Morgan fingerprint density at radius 2 is 1.88 bits per heavy atom. The second kappa shape index (κ2) is 5.50. The molecule has 0 aliphatic carbocycles. The summed E-state index contributed by atoms with van der Waals surface area (Å²) in [5.41, 5.74) is 2.63. The Morgan fingerprint density at radius 3 is 2.47 bits per heavy atom. The molecular formula is C14H23N3. The summed E-state index contributed by atoms with van der Waals surface area (Å²) in [5, 5.41) is 3.53. The molecule has 0 spiro atoms. The van der Waals surface area contributed by atoms with Crippen molar-refractivity contribution in [3.05, 3.63) is 24.0 Å². The lowest BCUT2D eigenvalue weighted by Crippen LogP contribution is -2.43. The molecule has 0 saturated carbocycles. The first-order valence-electron chi connectivity index (χ1n) is 6.53. The normalized spacial score (nSPS) is 26.4. The number of nitrogens with zero attached hydrogens (tertiary/aromatic N) is 2. The number of aromatic nitrogens is 1. The highest BCUT2D eigenvalue weighted by atomic mass is 15.2. The highest BCUT2D eigenvalue weighted by Gasteiger charge is 2.18. The Kier molecular flexibility index (Phi) is 4.00. The van der Waals surface area contributed by atoms with E-state index in [1.165, 1.54) is 11.3 Å². The minimum atomic E-state index is 0.683. The third-order valence-corrected chi connectivity index (χ3v) is 3.40. The van der Waals surface area contributed by atoms with E-state index in [1.54, 1.807) is 0 Å². The average molecular weight is 233 g/mol. The van der Waals surface area contributed by atoms with E-state index < -0.39 is 0 Å². The third-order valence-electron chi connectivity index (χ3n) is 3.40. The molecule has 2 atom stereocenters. The van der Waals surface area contributed by atoms with E-state index in [0.717, 1.165) is 26.2 Å². The molecule has 1 saturated heterocycles. The first kappa shape index (κ1) is 12.4. The predicted molar refractivity (Wildman–Crippen MR) is 72.4 cm³/mol. The van der Waals surface area contributed by atoms with Crippen LogP contribution in [0.4, 0.5) is 5.69 Å². The van der Waals surface area contributed by atoms with E-state index in [4.69, 9.17) is 0 Å². The zero-order chi connectivity index (χ0) is 12.3. The summed E-state index contributed by atoms with van der Waals surface area (Å²) in [5.74, 6) is 1.37. The van der Waals surface area contributed by atoms with Crippen LogP contribution in [0.5, 0.6) is 0 Å². The number of pyridine rings is 1. The SMILES string of the molecule is Cc1ccncc1N1CC(C)CNCC(C)C1. The fourth-order valence-corrected chi connectivity index (χ4v) is 2.52. The molecule has 3 heteroatoms. The van der Waals surface area contributed by atoms with Gasteiger partial charge in [-0.2, -0.15) is 0 Å². The molecule has 2 unspecified atom stereocenters. The van der Waals surface area contributed by atoms with Gasteiger partial charge in [-0.25, -0.2) is 0 Å². The number of anilines is 1. The fraction of sp³-hybridized carbons (Fsp3) is 0.643. The van der Waals surface area contributed by atoms with Crippen LogP contribution in [0.1, 0.15) is 19.4 Å². The Labute approximate surface area is 104 Å². The van der Waals surface area contributed by atoms with Crippen molar-refractivity contribution in [1.82, 2.24) is 10.3 Å². The quantitative estimate of drug-likeness (QED) is 0.805. The van der Waals surface area contributed by atoms with Gasteiger partial charge in [0.1, 0.15) is 0 Å². The van der Waals surface area contributed by atoms with E-state index in [1.807, 2.05) is 12.4 Å². The van der Waals surface area contributed by atoms with E-state index in [-0.39, 0.29) is 0 Å². The van der Waals surface area contributed by atoms with Crippen LogP contribution in [0.3, 0.4) is 0 Å². The predicted octanol–water partition coefficient (Wildman–Crippen LogP) is 2.07. The van der Waals surface area contributed by atoms with Crippen LogP contribution in [0.25, 0.3) is 0 Å². The summed E-state index contributed by atoms with van der Waals surface area (Å²) < 4.78 is 0. The first-order chi connectivity index (χ1) is 8.16. The van der Waals surface area contributed by atoms with Gasteiger partial charge < -0.3 is 10.2 Å². The molecule has 1 N–H and O–H groups in total. The van der Waals surface area contributed by atoms with Crippen LogP contribution >= 0.6 is 0 Å². The minimum Gasteiger partial charge on any atom is -0.369 e. The van der Waals surface area contributed by atoms with E-state index in [0.29, 0.717) is 11.8 Å². The van der Waals surface area contributed by atoms with Gasteiger partial charge in [0.2, 0.25) is 0 Å². The Hall–Kier alpha value is -1.09. The molecule has 3 nitrogen and oxygen atoms in total. The van der Waals surface area contributed by atoms with Crippen LogP contribution in [0, 0.1) is 18.8 Å². The lowest BCUT2D eigenvalue weighted by molar-refractivity contribution is 0.410. The maximum absolute atomic E-state index is 4.27. The van der Waals surface area contributed by atoms with Crippen molar-refractivity contribution in [3.8, 4) is 0 Å². The highest BCUT2D eigenvalue weighted by molar-refractivity contribution is 5.51. The van der Waals surface area contributed by atoms with Crippen LogP contribution < -0.4 is 10.2 Å². The van der Waals surface area contributed by atoms with Gasteiger partial charge in [0, 0.05) is 19.3 Å². The van der Waals surface area contributed by atoms with Gasteiger partial charge in [-0.15, -0.1) is 0 Å². The zero-order valence-corrected chi connectivity index (χ0v) is 11.1. The lowest BCUT2D eigenvalue weighted by Gasteiger charge is -2.34. The van der Waals surface area contributed by atoms with Crippen molar-refractivity contribution in [1.29, 1.82) is 0 Å². The molecule has 0 radical (unpaired) electrons. The molecule has 0 amide bonds. The summed E-state index contributed by atoms with van der Waals surface area (Å²) >= 11 is 0. The van der Waals surface area contributed by atoms with Crippen molar-refractivity contribution in [2.75, 3.05) is 31.1 Å². The first-order valence-corrected chi connectivity index (χ1v) is 6.53. The summed E-state index contributed by atoms with van der Waals surface area (Å²) in [7, 11) is 0. The summed E-state index contributed by atoms with van der Waals surface area (Å²) in [6, 6.07) is 2.10. The standard InChI is InChI=1S/C14H23N3/c1-11-6-16-7-12(2)10-17(9-11)14-8-15-5-4-13(14)3/h4-5,8,11-12,16H,6-7,9-10H2,1-3H3. The summed E-state index contributed by atoms with van der Waals surface area (Å²) in [6.07, 6.45) is 3.88. The van der Waals surface area contributed by atoms with Gasteiger partial charge in [0.15, 0.2) is 0 Å². The molecule has 0 aromatic carbocycles. The molecule has 1 aliphatic heterocycles. The molecular weight excluding hydrogens is 210 g/mol. The van der Waals surface area contributed by atoms with Crippen molar-refractivity contribution in [2.45, 2.75) is 20.8 Å². The maximum Gasteiger partial charge on any atom is 0.0582 e. The topological polar surface area (TPSA) is 28.2 Å². The van der Waals surface area contributed by atoms with Gasteiger partial charge in [-0.3, -0.25) is 4.98 Å². The molecule has 1 fully saturated rings. The molecule has 1 aromatic heterocycles. The summed E-state index contributed by atoms with van der Waals surface area (Å²) in [4.78, 5) is 6.77. The zero-order valence-electron chi connectivity index (χ0n) is 11.1. The average Bonchev–Trinajstić information content (AvgIpc) is 2.26. The van der Waals surface area contributed by atoms with Gasteiger partial charge in [0.25, 0.3) is 0 Å². The van der Waals surface area contributed by atoms with Gasteiger partial charge >= 0.3 is 0 Å². The Bertz CT molecular complexity index is 352. The van der Waals surface area contributed by atoms with Crippen molar-refractivity contribution in [3.63, 3.8) is 0 Å². The van der Waals surface area contributed by atoms with Gasteiger partial charge in [-0.05, 0) is 43.5 Å². The monoisotopic (exact) mass is 233 g/mol. The van der Waals surface area contributed by atoms with Crippen molar-refractivity contribution >= 4 is 5.69 Å². The number of nitrogens with one attached hydrogen (secondary N) is 1. The number of rotatable bonds is 1. The van der Waals surface area contributed by atoms with Crippen LogP contribution in [-0.4, -0.2) is 31.2 Å². The number of hydrogen-bond acceptors (Lipinski definition) is 3. The molecule has 0 bridgehead atoms. The molecule has 94 valence electrons. The minimum absolute atomic E-state index is 0.683. The number of aryl methyl sites for hydroxylation is 1. The van der Waals surface area contributed by atoms with E-state index in [9.17, 15) is 0 Å². The lowest BCUT2D eigenvalue weighted by atomic mass is 10.0. The third kappa shape index (κ3) is 3.19. The van der Waals surface area contributed by atoms with Gasteiger partial charge in [0.05, 0.1) is 11.9 Å². The van der Waals surface area contributed by atoms with Crippen molar-refractivity contribution in [2.24, 2.45) is 11.8 Å². The van der Waals surface area contributed by atoms with Crippen molar-refractivity contribution < 1.29 is 0 Å². The van der Waals surface area contributed by atoms with E-state index >= 15 is 0 Å². The van der Waals surface area contributed by atoms with E-state index in [2.05, 4.69) is 42.0 Å². The second-order valence-electron chi connectivity index (χ2n) is 5.44. The molecule has 2 heterocycles. The molecule has 1 aromatic rings. The van der Waals surface area contributed by atoms with Crippen LogP contribution in [-0.2, 0) is 0 Å². The van der Waals surface area contributed by atoms with Gasteiger partial charge in [-0.1, -0.05) is 13.8 Å². The Balaban J connectivity index is 2.18. The second-order valence-corrected chi connectivity index (χ2v) is 5.44. The Morgan fingerprint density at radius 1 is 1.24 bits per heavy atom. The largest absolute Gasteiger partial charge is 0.369 e.